The predicted molar refractivity (Wildman–Crippen MR) is 105 cm³/mol. The molecule has 3 N–H and O–H groups in total. The Morgan fingerprint density at radius 2 is 1.96 bits per heavy atom. The standard InChI is InChI=1S/C19H26N4O5/c1-5-6-23-16-15(18(27)22-19(23)28)12(8-13(21-16)10(2)3)17(26)20-9-11(4)7-14(24)25/h8,10-11H,5-7,9H2,1-4H3,(H,20,26)(H,24,25)(H,22,27,28). The van der Waals surface area contributed by atoms with Gasteiger partial charge in [-0.2, -0.15) is 0 Å². The van der Waals surface area contributed by atoms with Crippen LogP contribution in [0, 0.1) is 5.92 Å². The molecule has 0 aliphatic rings. The summed E-state index contributed by atoms with van der Waals surface area (Å²) in [5.41, 5.74) is -0.327. The van der Waals surface area contributed by atoms with Crippen molar-refractivity contribution in [1.29, 1.82) is 0 Å². The fourth-order valence-electron chi connectivity index (χ4n) is 2.93. The van der Waals surface area contributed by atoms with Gasteiger partial charge in [0, 0.05) is 25.2 Å². The molecule has 2 aromatic rings. The average molecular weight is 390 g/mol. The summed E-state index contributed by atoms with van der Waals surface area (Å²) in [6.45, 7) is 7.92. The van der Waals surface area contributed by atoms with Gasteiger partial charge in [-0.15, -0.1) is 0 Å². The fourth-order valence-corrected chi connectivity index (χ4v) is 2.93. The minimum atomic E-state index is -0.946. The number of amides is 1. The number of hydrogen-bond donors (Lipinski definition) is 3. The monoisotopic (exact) mass is 390 g/mol. The van der Waals surface area contributed by atoms with Crippen LogP contribution in [0.3, 0.4) is 0 Å². The van der Waals surface area contributed by atoms with Gasteiger partial charge in [0.15, 0.2) is 5.65 Å². The summed E-state index contributed by atoms with van der Waals surface area (Å²) in [4.78, 5) is 55.0. The van der Waals surface area contributed by atoms with E-state index in [0.29, 0.717) is 18.7 Å². The van der Waals surface area contributed by atoms with E-state index < -0.39 is 23.1 Å². The third kappa shape index (κ3) is 4.65. The summed E-state index contributed by atoms with van der Waals surface area (Å²) < 4.78 is 1.37. The molecule has 0 aliphatic carbocycles. The first-order chi connectivity index (χ1) is 13.1. The van der Waals surface area contributed by atoms with Gasteiger partial charge in [-0.1, -0.05) is 27.7 Å². The van der Waals surface area contributed by atoms with Crippen molar-refractivity contribution in [2.45, 2.75) is 53.0 Å². The van der Waals surface area contributed by atoms with Crippen LogP contribution in [0.1, 0.15) is 62.5 Å². The van der Waals surface area contributed by atoms with Crippen molar-refractivity contribution in [1.82, 2.24) is 19.9 Å². The molecule has 2 aromatic heterocycles. The molecule has 0 aliphatic heterocycles. The third-order valence-electron chi connectivity index (χ3n) is 4.39. The van der Waals surface area contributed by atoms with Crippen molar-refractivity contribution < 1.29 is 14.7 Å². The van der Waals surface area contributed by atoms with Crippen LogP contribution >= 0.6 is 0 Å². The Morgan fingerprint density at radius 3 is 2.54 bits per heavy atom. The number of carboxylic acid groups (broad SMARTS) is 1. The lowest BCUT2D eigenvalue weighted by Gasteiger charge is -2.15. The largest absolute Gasteiger partial charge is 0.481 e. The number of pyridine rings is 1. The molecule has 0 radical (unpaired) electrons. The molecule has 0 spiro atoms. The minimum absolute atomic E-state index is 0.0219. The molecule has 1 unspecified atom stereocenters. The molecule has 2 rings (SSSR count). The Labute approximate surface area is 161 Å². The number of hydrogen-bond acceptors (Lipinski definition) is 5. The highest BCUT2D eigenvalue weighted by atomic mass is 16.4. The number of fused-ring (bicyclic) bond motifs is 1. The molecule has 2 heterocycles. The second-order valence-electron chi connectivity index (χ2n) is 7.27. The van der Waals surface area contributed by atoms with Crippen LogP contribution in [-0.2, 0) is 11.3 Å². The van der Waals surface area contributed by atoms with Crippen LogP contribution in [0.25, 0.3) is 11.0 Å². The smallest absolute Gasteiger partial charge is 0.329 e. The molecule has 1 amide bonds. The molecule has 1 atom stereocenters. The van der Waals surface area contributed by atoms with E-state index in [1.807, 2.05) is 20.8 Å². The van der Waals surface area contributed by atoms with Gasteiger partial charge >= 0.3 is 11.7 Å². The number of carbonyl (C=O) groups is 2. The van der Waals surface area contributed by atoms with Gasteiger partial charge < -0.3 is 10.4 Å². The SMILES string of the molecule is CCCn1c(=O)[nH]c(=O)c2c(C(=O)NCC(C)CC(=O)O)cc(C(C)C)nc21. The number of rotatable bonds is 8. The minimum Gasteiger partial charge on any atom is -0.481 e. The zero-order valence-corrected chi connectivity index (χ0v) is 16.5. The first-order valence-corrected chi connectivity index (χ1v) is 9.33. The van der Waals surface area contributed by atoms with Gasteiger partial charge in [-0.3, -0.25) is 23.9 Å². The lowest BCUT2D eigenvalue weighted by Crippen LogP contribution is -2.34. The molecular formula is C19H26N4O5. The van der Waals surface area contributed by atoms with Gasteiger partial charge in [-0.05, 0) is 24.3 Å². The Morgan fingerprint density at radius 1 is 1.29 bits per heavy atom. The normalized spacial score (nSPS) is 12.3. The summed E-state index contributed by atoms with van der Waals surface area (Å²) in [5, 5.41) is 11.6. The lowest BCUT2D eigenvalue weighted by atomic mass is 10.0. The Bertz CT molecular complexity index is 1010. The summed E-state index contributed by atoms with van der Waals surface area (Å²) in [5.74, 6) is -1.74. The predicted octanol–water partition coefficient (Wildman–Crippen LogP) is 1.46. The van der Waals surface area contributed by atoms with E-state index in [1.165, 1.54) is 4.57 Å². The van der Waals surface area contributed by atoms with Gasteiger partial charge in [0.25, 0.3) is 11.5 Å². The van der Waals surface area contributed by atoms with E-state index in [2.05, 4.69) is 15.3 Å². The third-order valence-corrected chi connectivity index (χ3v) is 4.39. The first kappa shape index (κ1) is 21.3. The number of carbonyl (C=O) groups excluding carboxylic acids is 1. The van der Waals surface area contributed by atoms with E-state index in [4.69, 9.17) is 5.11 Å². The van der Waals surface area contributed by atoms with Crippen molar-refractivity contribution >= 4 is 22.9 Å². The topological polar surface area (TPSA) is 134 Å². The Hall–Kier alpha value is -2.97. The maximum atomic E-state index is 12.8. The van der Waals surface area contributed by atoms with Gasteiger partial charge in [0.2, 0.25) is 0 Å². The molecule has 0 bridgehead atoms. The Balaban J connectivity index is 2.59. The van der Waals surface area contributed by atoms with Gasteiger partial charge in [-0.25, -0.2) is 9.78 Å². The second kappa shape index (κ2) is 8.81. The van der Waals surface area contributed by atoms with Crippen LogP contribution in [0.4, 0.5) is 0 Å². The number of aromatic nitrogens is 3. The van der Waals surface area contributed by atoms with E-state index >= 15 is 0 Å². The average Bonchev–Trinajstić information content (AvgIpc) is 2.61. The first-order valence-electron chi connectivity index (χ1n) is 9.33. The summed E-state index contributed by atoms with van der Waals surface area (Å²) >= 11 is 0. The molecule has 0 saturated heterocycles. The summed E-state index contributed by atoms with van der Waals surface area (Å²) in [7, 11) is 0. The molecule has 0 aromatic carbocycles. The number of H-pyrrole nitrogens is 1. The van der Waals surface area contributed by atoms with Crippen molar-refractivity contribution in [2.75, 3.05) is 6.54 Å². The zero-order chi connectivity index (χ0) is 21.0. The lowest BCUT2D eigenvalue weighted by molar-refractivity contribution is -0.137. The number of carboxylic acids is 1. The molecule has 0 fully saturated rings. The molecule has 9 nitrogen and oxygen atoms in total. The van der Waals surface area contributed by atoms with Gasteiger partial charge in [0.1, 0.15) is 0 Å². The summed E-state index contributed by atoms with van der Waals surface area (Å²) in [6.07, 6.45) is 0.577. The molecule has 28 heavy (non-hydrogen) atoms. The molecule has 0 saturated carbocycles. The van der Waals surface area contributed by atoms with Crippen LogP contribution in [0.2, 0.25) is 0 Å². The highest BCUT2D eigenvalue weighted by molar-refractivity contribution is 6.05. The van der Waals surface area contributed by atoms with Crippen LogP contribution in [-0.4, -0.2) is 38.1 Å². The van der Waals surface area contributed by atoms with Crippen LogP contribution in [0.15, 0.2) is 15.7 Å². The van der Waals surface area contributed by atoms with E-state index in [0.717, 1.165) is 0 Å². The summed E-state index contributed by atoms with van der Waals surface area (Å²) in [6, 6.07) is 1.56. The maximum absolute atomic E-state index is 12.8. The van der Waals surface area contributed by atoms with E-state index in [1.54, 1.807) is 13.0 Å². The number of nitrogens with one attached hydrogen (secondary N) is 2. The van der Waals surface area contributed by atoms with E-state index in [-0.39, 0.29) is 41.4 Å². The van der Waals surface area contributed by atoms with Crippen molar-refractivity contribution in [3.05, 3.63) is 38.2 Å². The number of aromatic amines is 1. The van der Waals surface area contributed by atoms with Crippen molar-refractivity contribution in [3.8, 4) is 0 Å². The number of aryl methyl sites for hydroxylation is 1. The highest BCUT2D eigenvalue weighted by Gasteiger charge is 2.21. The number of nitrogens with zero attached hydrogens (tertiary/aromatic N) is 2. The highest BCUT2D eigenvalue weighted by Crippen LogP contribution is 2.20. The van der Waals surface area contributed by atoms with E-state index in [9.17, 15) is 19.2 Å². The quantitative estimate of drug-likeness (QED) is 0.625. The maximum Gasteiger partial charge on any atom is 0.329 e. The fraction of sp³-hybridized carbons (Fsp3) is 0.526. The molecular weight excluding hydrogens is 364 g/mol. The van der Waals surface area contributed by atoms with Crippen molar-refractivity contribution in [3.63, 3.8) is 0 Å². The zero-order valence-electron chi connectivity index (χ0n) is 16.5. The van der Waals surface area contributed by atoms with Gasteiger partial charge in [0.05, 0.1) is 10.9 Å². The van der Waals surface area contributed by atoms with Crippen LogP contribution in [0.5, 0.6) is 0 Å². The molecule has 152 valence electrons. The molecule has 9 heteroatoms. The number of aliphatic carboxylic acids is 1. The second-order valence-corrected chi connectivity index (χ2v) is 7.27. The van der Waals surface area contributed by atoms with Crippen molar-refractivity contribution in [2.24, 2.45) is 5.92 Å². The Kier molecular flexibility index (Phi) is 6.71. The van der Waals surface area contributed by atoms with Crippen LogP contribution < -0.4 is 16.6 Å².